The van der Waals surface area contributed by atoms with Gasteiger partial charge in [0, 0.05) is 11.0 Å². The molecule has 0 saturated heterocycles. The number of benzene rings is 1. The van der Waals surface area contributed by atoms with Crippen LogP contribution < -0.4 is 5.32 Å². The van der Waals surface area contributed by atoms with E-state index in [-0.39, 0.29) is 0 Å². The van der Waals surface area contributed by atoms with Gasteiger partial charge < -0.3 is 10.1 Å². The number of hydrogen-bond acceptors (Lipinski definition) is 2. The van der Waals surface area contributed by atoms with Gasteiger partial charge in [0.05, 0.1) is 0 Å². The van der Waals surface area contributed by atoms with Crippen molar-refractivity contribution in [3.63, 3.8) is 0 Å². The predicted molar refractivity (Wildman–Crippen MR) is 77.4 cm³/mol. The van der Waals surface area contributed by atoms with Crippen molar-refractivity contribution >= 4 is 28.1 Å². The third-order valence-electron chi connectivity index (χ3n) is 1.92. The van der Waals surface area contributed by atoms with Crippen LogP contribution in [0, 0.1) is 0 Å². The Labute approximate surface area is 116 Å². The maximum absolute atomic E-state index is 11.3. The quantitative estimate of drug-likeness (QED) is 0.916. The zero-order valence-corrected chi connectivity index (χ0v) is 12.5. The monoisotopic (exact) mass is 311 g/mol. The van der Waals surface area contributed by atoms with Gasteiger partial charge in [0.25, 0.3) is 0 Å². The van der Waals surface area contributed by atoms with Crippen LogP contribution >= 0.6 is 15.9 Å². The summed E-state index contributed by atoms with van der Waals surface area (Å²) in [5.41, 5.74) is 0.619. The van der Waals surface area contributed by atoms with Crippen LogP contribution in [0.15, 0.2) is 34.8 Å². The van der Waals surface area contributed by atoms with Crippen LogP contribution in [0.4, 0.5) is 4.79 Å². The zero-order valence-electron chi connectivity index (χ0n) is 10.9. The van der Waals surface area contributed by atoms with Gasteiger partial charge in [0.1, 0.15) is 5.60 Å². The average molecular weight is 312 g/mol. The summed E-state index contributed by atoms with van der Waals surface area (Å²) in [6.07, 6.45) is 3.43. The lowest BCUT2D eigenvalue weighted by molar-refractivity contribution is 0.0534. The first-order valence-corrected chi connectivity index (χ1v) is 6.55. The topological polar surface area (TPSA) is 38.3 Å². The van der Waals surface area contributed by atoms with E-state index in [2.05, 4.69) is 21.2 Å². The number of ether oxygens (including phenoxy) is 1. The molecule has 1 rings (SSSR count). The van der Waals surface area contributed by atoms with Gasteiger partial charge in [-0.15, -0.1) is 0 Å². The molecule has 0 spiro atoms. The lowest BCUT2D eigenvalue weighted by Gasteiger charge is -2.19. The van der Waals surface area contributed by atoms with Gasteiger partial charge in [-0.05, 0) is 38.5 Å². The molecular weight excluding hydrogens is 294 g/mol. The van der Waals surface area contributed by atoms with Crippen LogP contribution in [0.25, 0.3) is 6.08 Å². The SMILES string of the molecule is CC(C)(C)OC(=O)NCC=Cc1cccc(Br)c1. The molecule has 0 heterocycles. The second kappa shape index (κ2) is 6.59. The maximum Gasteiger partial charge on any atom is 0.407 e. The number of alkyl carbamates (subject to hydrolysis) is 1. The Hall–Kier alpha value is -1.29. The molecular formula is C14H18BrNO2. The highest BCUT2D eigenvalue weighted by molar-refractivity contribution is 9.10. The van der Waals surface area contributed by atoms with Gasteiger partial charge in [-0.1, -0.05) is 40.2 Å². The number of amides is 1. The standard InChI is InChI=1S/C14H18BrNO2/c1-14(2,3)18-13(17)16-9-5-7-11-6-4-8-12(15)10-11/h4-8,10H,9H2,1-3H3,(H,16,17). The van der Waals surface area contributed by atoms with Crippen molar-refractivity contribution < 1.29 is 9.53 Å². The van der Waals surface area contributed by atoms with E-state index in [1.54, 1.807) is 0 Å². The van der Waals surface area contributed by atoms with E-state index < -0.39 is 11.7 Å². The number of nitrogens with one attached hydrogen (secondary N) is 1. The molecule has 0 unspecified atom stereocenters. The number of rotatable bonds is 3. The van der Waals surface area contributed by atoms with Gasteiger partial charge in [0.15, 0.2) is 0 Å². The molecule has 0 aliphatic rings. The normalized spacial score (nSPS) is 11.6. The van der Waals surface area contributed by atoms with Crippen LogP contribution in [0.2, 0.25) is 0 Å². The molecule has 1 amide bonds. The first kappa shape index (κ1) is 14.8. The summed E-state index contributed by atoms with van der Waals surface area (Å²) in [7, 11) is 0. The number of carbonyl (C=O) groups is 1. The minimum atomic E-state index is -0.460. The molecule has 0 aliphatic heterocycles. The van der Waals surface area contributed by atoms with E-state index in [0.717, 1.165) is 10.0 Å². The number of carbonyl (C=O) groups excluding carboxylic acids is 1. The first-order chi connectivity index (χ1) is 8.37. The van der Waals surface area contributed by atoms with E-state index >= 15 is 0 Å². The fourth-order valence-corrected chi connectivity index (χ4v) is 1.68. The molecule has 18 heavy (non-hydrogen) atoms. The third kappa shape index (κ3) is 6.45. The minimum Gasteiger partial charge on any atom is -0.444 e. The zero-order chi connectivity index (χ0) is 13.6. The molecule has 98 valence electrons. The molecule has 0 atom stereocenters. The summed E-state index contributed by atoms with van der Waals surface area (Å²) >= 11 is 3.40. The molecule has 1 aromatic carbocycles. The Kier molecular flexibility index (Phi) is 5.41. The summed E-state index contributed by atoms with van der Waals surface area (Å²) in [5, 5.41) is 2.66. The summed E-state index contributed by atoms with van der Waals surface area (Å²) < 4.78 is 6.15. The highest BCUT2D eigenvalue weighted by Crippen LogP contribution is 2.12. The van der Waals surface area contributed by atoms with Gasteiger partial charge in [0.2, 0.25) is 0 Å². The van der Waals surface area contributed by atoms with Crippen molar-refractivity contribution in [1.29, 1.82) is 0 Å². The lowest BCUT2D eigenvalue weighted by Crippen LogP contribution is -2.32. The van der Waals surface area contributed by atoms with Crippen molar-refractivity contribution in [2.24, 2.45) is 0 Å². The molecule has 0 radical (unpaired) electrons. The summed E-state index contributed by atoms with van der Waals surface area (Å²) in [6.45, 7) is 5.96. The van der Waals surface area contributed by atoms with Crippen molar-refractivity contribution in [3.05, 3.63) is 40.4 Å². The van der Waals surface area contributed by atoms with Gasteiger partial charge in [-0.3, -0.25) is 0 Å². The minimum absolute atomic E-state index is 0.401. The Balaban J connectivity index is 2.36. The van der Waals surface area contributed by atoms with Crippen molar-refractivity contribution in [2.75, 3.05) is 6.54 Å². The molecule has 0 aromatic heterocycles. The molecule has 3 nitrogen and oxygen atoms in total. The lowest BCUT2D eigenvalue weighted by atomic mass is 10.2. The van der Waals surface area contributed by atoms with Crippen LogP contribution in [0.1, 0.15) is 26.3 Å². The van der Waals surface area contributed by atoms with Crippen molar-refractivity contribution in [1.82, 2.24) is 5.32 Å². The smallest absolute Gasteiger partial charge is 0.407 e. The summed E-state index contributed by atoms with van der Waals surface area (Å²) in [5.74, 6) is 0. The van der Waals surface area contributed by atoms with Crippen LogP contribution in [0.5, 0.6) is 0 Å². The second-order valence-corrected chi connectivity index (χ2v) is 5.76. The van der Waals surface area contributed by atoms with Gasteiger partial charge in [-0.2, -0.15) is 0 Å². The Bertz CT molecular complexity index is 436. The largest absolute Gasteiger partial charge is 0.444 e. The molecule has 1 N–H and O–H groups in total. The van der Waals surface area contributed by atoms with E-state index in [1.165, 1.54) is 0 Å². The molecule has 0 aliphatic carbocycles. The average Bonchev–Trinajstić information content (AvgIpc) is 2.22. The van der Waals surface area contributed by atoms with Gasteiger partial charge >= 0.3 is 6.09 Å². The van der Waals surface area contributed by atoms with Gasteiger partial charge in [-0.25, -0.2) is 4.79 Å². The third-order valence-corrected chi connectivity index (χ3v) is 2.42. The van der Waals surface area contributed by atoms with E-state index in [0.29, 0.717) is 6.54 Å². The highest BCUT2D eigenvalue weighted by Gasteiger charge is 2.14. The second-order valence-electron chi connectivity index (χ2n) is 4.84. The highest BCUT2D eigenvalue weighted by atomic mass is 79.9. The molecule has 1 aromatic rings. The maximum atomic E-state index is 11.3. The predicted octanol–water partition coefficient (Wildman–Crippen LogP) is 3.99. The fraction of sp³-hybridized carbons (Fsp3) is 0.357. The Morgan fingerprint density at radius 1 is 1.44 bits per heavy atom. The van der Waals surface area contributed by atoms with Crippen LogP contribution in [0.3, 0.4) is 0 Å². The molecule has 0 saturated carbocycles. The van der Waals surface area contributed by atoms with E-state index in [9.17, 15) is 4.79 Å². The molecule has 0 bridgehead atoms. The summed E-state index contributed by atoms with van der Waals surface area (Å²) in [6, 6.07) is 7.93. The first-order valence-electron chi connectivity index (χ1n) is 5.76. The molecule has 0 fully saturated rings. The number of hydrogen-bond donors (Lipinski definition) is 1. The molecule has 4 heteroatoms. The number of halogens is 1. The van der Waals surface area contributed by atoms with Crippen molar-refractivity contribution in [3.8, 4) is 0 Å². The van der Waals surface area contributed by atoms with E-state index in [4.69, 9.17) is 4.74 Å². The van der Waals surface area contributed by atoms with Crippen molar-refractivity contribution in [2.45, 2.75) is 26.4 Å². The van der Waals surface area contributed by atoms with Crippen LogP contribution in [-0.4, -0.2) is 18.2 Å². The Morgan fingerprint density at radius 2 is 2.17 bits per heavy atom. The Morgan fingerprint density at radius 3 is 2.78 bits per heavy atom. The van der Waals surface area contributed by atoms with Crippen LogP contribution in [-0.2, 0) is 4.74 Å². The van der Waals surface area contributed by atoms with E-state index in [1.807, 2.05) is 57.2 Å². The summed E-state index contributed by atoms with van der Waals surface area (Å²) in [4.78, 5) is 11.3. The fourth-order valence-electron chi connectivity index (χ4n) is 1.26.